The van der Waals surface area contributed by atoms with Crippen molar-refractivity contribution in [2.45, 2.75) is 38.0 Å². The first-order valence-electron chi connectivity index (χ1n) is 10.0. The maximum atomic E-state index is 13.2. The molecule has 2 aromatic rings. The average Bonchev–Trinajstić information content (AvgIpc) is 2.73. The maximum Gasteiger partial charge on any atom is 0.416 e. The van der Waals surface area contributed by atoms with Gasteiger partial charge in [0, 0.05) is 12.6 Å². The standard InChI is InChI=1S/C23H27F3N2O2/c1-27-13-11-20(12-14-27)28(16-18-3-7-19(8-4-18)23(24,25)26)22(29)15-17-5-9-21(30-2)10-6-17/h3-10,20H,11-16H2,1-2H3. The summed E-state index contributed by atoms with van der Waals surface area (Å²) in [4.78, 5) is 17.2. The van der Waals surface area contributed by atoms with Gasteiger partial charge in [0.25, 0.3) is 0 Å². The van der Waals surface area contributed by atoms with E-state index in [1.54, 1.807) is 7.11 Å². The van der Waals surface area contributed by atoms with Crippen molar-refractivity contribution in [3.05, 3.63) is 65.2 Å². The number of amides is 1. The third-order valence-electron chi connectivity index (χ3n) is 5.60. The Morgan fingerprint density at radius 3 is 2.13 bits per heavy atom. The van der Waals surface area contributed by atoms with Gasteiger partial charge in [0.1, 0.15) is 5.75 Å². The highest BCUT2D eigenvalue weighted by atomic mass is 19.4. The summed E-state index contributed by atoms with van der Waals surface area (Å²) in [5, 5.41) is 0. The van der Waals surface area contributed by atoms with E-state index in [2.05, 4.69) is 11.9 Å². The molecule has 2 aromatic carbocycles. The molecule has 1 amide bonds. The van der Waals surface area contributed by atoms with E-state index < -0.39 is 11.7 Å². The predicted octanol–water partition coefficient (Wildman–Crippen LogP) is 4.38. The molecule has 3 rings (SSSR count). The number of ether oxygens (including phenoxy) is 1. The Morgan fingerprint density at radius 2 is 1.60 bits per heavy atom. The first-order valence-corrected chi connectivity index (χ1v) is 10.0. The van der Waals surface area contributed by atoms with Crippen molar-refractivity contribution in [3.8, 4) is 5.75 Å². The third kappa shape index (κ3) is 5.75. The number of carbonyl (C=O) groups excluding carboxylic acids is 1. The van der Waals surface area contributed by atoms with Crippen LogP contribution in [0.1, 0.15) is 29.5 Å². The molecule has 162 valence electrons. The largest absolute Gasteiger partial charge is 0.497 e. The number of hydrogen-bond acceptors (Lipinski definition) is 3. The van der Waals surface area contributed by atoms with Gasteiger partial charge >= 0.3 is 6.18 Å². The summed E-state index contributed by atoms with van der Waals surface area (Å²) in [6.07, 6.45) is -2.41. The molecule has 7 heteroatoms. The molecule has 0 atom stereocenters. The third-order valence-corrected chi connectivity index (χ3v) is 5.60. The molecule has 0 N–H and O–H groups in total. The SMILES string of the molecule is COc1ccc(CC(=O)N(Cc2ccc(C(F)(F)F)cc2)C2CCN(C)CC2)cc1. The molecule has 0 spiro atoms. The quantitative estimate of drug-likeness (QED) is 0.695. The first kappa shape index (κ1) is 22.2. The van der Waals surface area contributed by atoms with E-state index >= 15 is 0 Å². The Labute approximate surface area is 175 Å². The minimum Gasteiger partial charge on any atom is -0.497 e. The van der Waals surface area contributed by atoms with Crippen molar-refractivity contribution >= 4 is 5.91 Å². The zero-order valence-electron chi connectivity index (χ0n) is 17.3. The van der Waals surface area contributed by atoms with E-state index in [4.69, 9.17) is 4.74 Å². The van der Waals surface area contributed by atoms with E-state index in [1.165, 1.54) is 12.1 Å². The summed E-state index contributed by atoms with van der Waals surface area (Å²) in [6, 6.07) is 12.5. The van der Waals surface area contributed by atoms with Gasteiger partial charge in [-0.1, -0.05) is 24.3 Å². The second-order valence-electron chi connectivity index (χ2n) is 7.78. The van der Waals surface area contributed by atoms with Crippen LogP contribution in [-0.2, 0) is 23.9 Å². The normalized spacial score (nSPS) is 15.8. The second kappa shape index (κ2) is 9.51. The molecule has 0 radical (unpaired) electrons. The zero-order chi connectivity index (χ0) is 21.7. The van der Waals surface area contributed by atoms with Gasteiger partial charge in [-0.2, -0.15) is 13.2 Å². The summed E-state index contributed by atoms with van der Waals surface area (Å²) in [5.41, 5.74) is 0.901. The van der Waals surface area contributed by atoms with Gasteiger partial charge < -0.3 is 14.5 Å². The number of piperidine rings is 1. The van der Waals surface area contributed by atoms with Crippen LogP contribution in [0.5, 0.6) is 5.75 Å². The van der Waals surface area contributed by atoms with Crippen molar-refractivity contribution in [2.24, 2.45) is 0 Å². The molecular weight excluding hydrogens is 393 g/mol. The van der Waals surface area contributed by atoms with Gasteiger partial charge in [-0.05, 0) is 68.4 Å². The number of methoxy groups -OCH3 is 1. The highest BCUT2D eigenvalue weighted by Gasteiger charge is 2.31. The van der Waals surface area contributed by atoms with E-state index in [-0.39, 0.29) is 18.4 Å². The fraction of sp³-hybridized carbons (Fsp3) is 0.435. The van der Waals surface area contributed by atoms with E-state index in [0.717, 1.165) is 49.4 Å². The van der Waals surface area contributed by atoms with Crippen LogP contribution in [0.2, 0.25) is 0 Å². The topological polar surface area (TPSA) is 32.8 Å². The molecule has 4 nitrogen and oxygen atoms in total. The molecular formula is C23H27F3N2O2. The lowest BCUT2D eigenvalue weighted by molar-refractivity contribution is -0.138. The molecule has 1 fully saturated rings. The number of hydrogen-bond donors (Lipinski definition) is 0. The highest BCUT2D eigenvalue weighted by Crippen LogP contribution is 2.29. The number of carbonyl (C=O) groups is 1. The van der Waals surface area contributed by atoms with Crippen LogP contribution >= 0.6 is 0 Å². The van der Waals surface area contributed by atoms with Crippen LogP contribution in [-0.4, -0.2) is 49.0 Å². The Bertz CT molecular complexity index is 827. The summed E-state index contributed by atoms with van der Waals surface area (Å²) in [7, 11) is 3.64. The molecule has 1 heterocycles. The predicted molar refractivity (Wildman–Crippen MR) is 109 cm³/mol. The molecule has 1 aliphatic heterocycles. The van der Waals surface area contributed by atoms with Crippen molar-refractivity contribution in [3.63, 3.8) is 0 Å². The summed E-state index contributed by atoms with van der Waals surface area (Å²) < 4.78 is 43.7. The lowest BCUT2D eigenvalue weighted by atomic mass is 10.0. The monoisotopic (exact) mass is 420 g/mol. The number of alkyl halides is 3. The van der Waals surface area contributed by atoms with E-state index in [0.29, 0.717) is 12.1 Å². The molecule has 0 aliphatic carbocycles. The minimum atomic E-state index is -4.36. The number of benzene rings is 2. The fourth-order valence-corrected chi connectivity index (χ4v) is 3.74. The van der Waals surface area contributed by atoms with Crippen LogP contribution in [0.25, 0.3) is 0 Å². The molecule has 30 heavy (non-hydrogen) atoms. The van der Waals surface area contributed by atoms with Crippen molar-refractivity contribution in [1.82, 2.24) is 9.80 Å². The fourth-order valence-electron chi connectivity index (χ4n) is 3.74. The van der Waals surface area contributed by atoms with E-state index in [1.807, 2.05) is 29.2 Å². The van der Waals surface area contributed by atoms with Gasteiger partial charge in [0.15, 0.2) is 0 Å². The number of halogens is 3. The van der Waals surface area contributed by atoms with Gasteiger partial charge in [0.2, 0.25) is 5.91 Å². The van der Waals surface area contributed by atoms with E-state index in [9.17, 15) is 18.0 Å². The summed E-state index contributed by atoms with van der Waals surface area (Å²) in [6.45, 7) is 2.09. The summed E-state index contributed by atoms with van der Waals surface area (Å²) in [5.74, 6) is 0.706. The van der Waals surface area contributed by atoms with Gasteiger partial charge in [-0.15, -0.1) is 0 Å². The smallest absolute Gasteiger partial charge is 0.416 e. The molecule has 1 aliphatic rings. The number of rotatable bonds is 6. The minimum absolute atomic E-state index is 0.0189. The Balaban J connectivity index is 1.76. The molecule has 0 saturated carbocycles. The molecule has 1 saturated heterocycles. The van der Waals surface area contributed by atoms with Crippen molar-refractivity contribution < 1.29 is 22.7 Å². The highest BCUT2D eigenvalue weighted by molar-refractivity contribution is 5.79. The van der Waals surface area contributed by atoms with Crippen LogP contribution in [0.3, 0.4) is 0 Å². The van der Waals surface area contributed by atoms with Crippen molar-refractivity contribution in [1.29, 1.82) is 0 Å². The van der Waals surface area contributed by atoms with Gasteiger partial charge in [0.05, 0.1) is 19.1 Å². The maximum absolute atomic E-state index is 13.2. The average molecular weight is 420 g/mol. The molecule has 0 aromatic heterocycles. The van der Waals surface area contributed by atoms with Crippen LogP contribution in [0.4, 0.5) is 13.2 Å². The lowest BCUT2D eigenvalue weighted by Crippen LogP contribution is -2.46. The van der Waals surface area contributed by atoms with Crippen LogP contribution < -0.4 is 4.74 Å². The van der Waals surface area contributed by atoms with Crippen LogP contribution in [0, 0.1) is 0 Å². The first-order chi connectivity index (χ1) is 14.3. The molecule has 0 bridgehead atoms. The Kier molecular flexibility index (Phi) is 7.02. The Hall–Kier alpha value is -2.54. The zero-order valence-corrected chi connectivity index (χ0v) is 17.3. The lowest BCUT2D eigenvalue weighted by Gasteiger charge is -2.37. The number of nitrogens with zero attached hydrogens (tertiary/aromatic N) is 2. The molecule has 0 unspecified atom stereocenters. The van der Waals surface area contributed by atoms with Crippen molar-refractivity contribution in [2.75, 3.05) is 27.2 Å². The number of likely N-dealkylation sites (tertiary alicyclic amines) is 1. The summed E-state index contributed by atoms with van der Waals surface area (Å²) >= 11 is 0. The second-order valence-corrected chi connectivity index (χ2v) is 7.78. The van der Waals surface area contributed by atoms with Gasteiger partial charge in [-0.25, -0.2) is 0 Å². The van der Waals surface area contributed by atoms with Crippen LogP contribution in [0.15, 0.2) is 48.5 Å². The van der Waals surface area contributed by atoms with Gasteiger partial charge in [-0.3, -0.25) is 4.79 Å². The Morgan fingerprint density at radius 1 is 1.03 bits per heavy atom.